The molecule has 0 spiro atoms. The standard InChI is InChI=1S/C20H16ClN3S/c1-12-9-13(2)11-14(10-12)22-19-15-5-3-4-6-17(15)23-20(24-19)18-16(21)7-8-25-18/h3-11H,1-2H3,(H,22,23,24). The molecule has 0 saturated carbocycles. The Morgan fingerprint density at radius 1 is 0.960 bits per heavy atom. The number of anilines is 2. The van der Waals surface area contributed by atoms with Gasteiger partial charge in [0.25, 0.3) is 0 Å². The van der Waals surface area contributed by atoms with Crippen LogP contribution in [0.2, 0.25) is 5.02 Å². The van der Waals surface area contributed by atoms with Crippen LogP contribution in [0.5, 0.6) is 0 Å². The minimum Gasteiger partial charge on any atom is -0.340 e. The van der Waals surface area contributed by atoms with Crippen molar-refractivity contribution in [2.45, 2.75) is 13.8 Å². The van der Waals surface area contributed by atoms with Crippen LogP contribution in [-0.2, 0) is 0 Å². The van der Waals surface area contributed by atoms with E-state index in [0.29, 0.717) is 10.8 Å². The molecule has 0 radical (unpaired) electrons. The van der Waals surface area contributed by atoms with Crippen molar-refractivity contribution in [1.82, 2.24) is 9.97 Å². The highest BCUT2D eigenvalue weighted by Gasteiger charge is 2.13. The molecule has 4 rings (SSSR count). The number of halogens is 1. The van der Waals surface area contributed by atoms with Gasteiger partial charge in [0.15, 0.2) is 5.82 Å². The number of fused-ring (bicyclic) bond motifs is 1. The molecule has 1 N–H and O–H groups in total. The van der Waals surface area contributed by atoms with E-state index in [4.69, 9.17) is 21.6 Å². The van der Waals surface area contributed by atoms with Crippen LogP contribution in [0, 0.1) is 13.8 Å². The summed E-state index contributed by atoms with van der Waals surface area (Å²) in [6.07, 6.45) is 0. The summed E-state index contributed by atoms with van der Waals surface area (Å²) in [6.45, 7) is 4.18. The van der Waals surface area contributed by atoms with Gasteiger partial charge in [-0.3, -0.25) is 0 Å². The number of thiophene rings is 1. The Bertz CT molecular complexity index is 1050. The lowest BCUT2D eigenvalue weighted by atomic mass is 10.1. The van der Waals surface area contributed by atoms with Gasteiger partial charge >= 0.3 is 0 Å². The smallest absolute Gasteiger partial charge is 0.173 e. The Kier molecular flexibility index (Phi) is 4.15. The summed E-state index contributed by atoms with van der Waals surface area (Å²) in [5.41, 5.74) is 4.33. The lowest BCUT2D eigenvalue weighted by Gasteiger charge is -2.12. The molecule has 0 saturated heterocycles. The molecule has 0 aliphatic carbocycles. The molecule has 2 heterocycles. The van der Waals surface area contributed by atoms with Crippen molar-refractivity contribution >= 4 is 45.3 Å². The summed E-state index contributed by atoms with van der Waals surface area (Å²) < 4.78 is 0. The summed E-state index contributed by atoms with van der Waals surface area (Å²) in [6, 6.07) is 16.3. The Hall–Kier alpha value is -2.43. The minimum absolute atomic E-state index is 0.644. The third-order valence-electron chi connectivity index (χ3n) is 3.91. The zero-order valence-corrected chi connectivity index (χ0v) is 15.4. The van der Waals surface area contributed by atoms with Gasteiger partial charge in [0.1, 0.15) is 5.82 Å². The lowest BCUT2D eigenvalue weighted by Crippen LogP contribution is -1.99. The molecular formula is C20H16ClN3S. The minimum atomic E-state index is 0.644. The van der Waals surface area contributed by atoms with Gasteiger partial charge in [0.2, 0.25) is 0 Å². The second-order valence-electron chi connectivity index (χ2n) is 6.01. The van der Waals surface area contributed by atoms with E-state index < -0.39 is 0 Å². The number of hydrogen-bond acceptors (Lipinski definition) is 4. The number of nitrogens with one attached hydrogen (secondary N) is 1. The van der Waals surface area contributed by atoms with E-state index in [2.05, 4.69) is 37.4 Å². The quantitative estimate of drug-likeness (QED) is 0.458. The van der Waals surface area contributed by atoms with Crippen LogP contribution in [0.1, 0.15) is 11.1 Å². The summed E-state index contributed by atoms with van der Waals surface area (Å²) in [5.74, 6) is 1.43. The first-order valence-corrected chi connectivity index (χ1v) is 9.21. The van der Waals surface area contributed by atoms with Crippen LogP contribution >= 0.6 is 22.9 Å². The highest BCUT2D eigenvalue weighted by Crippen LogP contribution is 2.34. The van der Waals surface area contributed by atoms with Gasteiger partial charge in [0, 0.05) is 11.1 Å². The molecule has 5 heteroatoms. The summed E-state index contributed by atoms with van der Waals surface area (Å²) in [4.78, 5) is 10.3. The third kappa shape index (κ3) is 3.23. The molecule has 25 heavy (non-hydrogen) atoms. The van der Waals surface area contributed by atoms with Crippen molar-refractivity contribution < 1.29 is 0 Å². The second-order valence-corrected chi connectivity index (χ2v) is 7.34. The number of hydrogen-bond donors (Lipinski definition) is 1. The molecule has 2 aromatic carbocycles. The largest absolute Gasteiger partial charge is 0.340 e. The maximum Gasteiger partial charge on any atom is 0.173 e. The summed E-state index contributed by atoms with van der Waals surface area (Å²) in [5, 5.41) is 7.08. The van der Waals surface area contributed by atoms with Crippen LogP contribution in [-0.4, -0.2) is 9.97 Å². The second kappa shape index (κ2) is 6.47. The van der Waals surface area contributed by atoms with E-state index in [9.17, 15) is 0 Å². The van der Waals surface area contributed by atoms with Crippen molar-refractivity contribution in [1.29, 1.82) is 0 Å². The Labute approximate surface area is 155 Å². The fraction of sp³-hybridized carbons (Fsp3) is 0.100. The normalized spacial score (nSPS) is 11.0. The van der Waals surface area contributed by atoms with E-state index in [1.807, 2.05) is 35.7 Å². The zero-order valence-electron chi connectivity index (χ0n) is 13.9. The van der Waals surface area contributed by atoms with Crippen LogP contribution < -0.4 is 5.32 Å². The van der Waals surface area contributed by atoms with Crippen molar-refractivity contribution in [2.75, 3.05) is 5.32 Å². The molecule has 0 fully saturated rings. The number of para-hydroxylation sites is 1. The highest BCUT2D eigenvalue weighted by atomic mass is 35.5. The fourth-order valence-corrected chi connectivity index (χ4v) is 3.98. The van der Waals surface area contributed by atoms with Crippen molar-refractivity contribution in [2.24, 2.45) is 0 Å². The first kappa shape index (κ1) is 16.1. The van der Waals surface area contributed by atoms with Crippen LogP contribution in [0.15, 0.2) is 53.9 Å². The van der Waals surface area contributed by atoms with Crippen LogP contribution in [0.3, 0.4) is 0 Å². The molecule has 0 aliphatic heterocycles. The number of benzene rings is 2. The van der Waals surface area contributed by atoms with Gasteiger partial charge in [-0.1, -0.05) is 29.8 Å². The van der Waals surface area contributed by atoms with E-state index in [1.165, 1.54) is 11.1 Å². The maximum atomic E-state index is 6.29. The van der Waals surface area contributed by atoms with Gasteiger partial charge in [0.05, 0.1) is 15.4 Å². The molecule has 0 amide bonds. The monoisotopic (exact) mass is 365 g/mol. The summed E-state index contributed by atoms with van der Waals surface area (Å²) >= 11 is 7.84. The van der Waals surface area contributed by atoms with Crippen LogP contribution in [0.4, 0.5) is 11.5 Å². The fourth-order valence-electron chi connectivity index (χ4n) is 2.91. The predicted molar refractivity (Wildman–Crippen MR) is 107 cm³/mol. The third-order valence-corrected chi connectivity index (χ3v) is 5.25. The van der Waals surface area contributed by atoms with Gasteiger partial charge in [-0.15, -0.1) is 11.3 Å². The molecule has 3 nitrogen and oxygen atoms in total. The molecule has 4 aromatic rings. The Balaban J connectivity index is 1.88. The van der Waals surface area contributed by atoms with E-state index in [1.54, 1.807) is 11.3 Å². The van der Waals surface area contributed by atoms with Crippen molar-refractivity contribution in [3.05, 3.63) is 70.1 Å². The molecule has 0 aliphatic rings. The lowest BCUT2D eigenvalue weighted by molar-refractivity contribution is 1.23. The molecule has 0 bridgehead atoms. The van der Waals surface area contributed by atoms with Crippen LogP contribution in [0.25, 0.3) is 21.6 Å². The molecule has 0 atom stereocenters. The highest BCUT2D eigenvalue weighted by molar-refractivity contribution is 7.14. The van der Waals surface area contributed by atoms with Crippen molar-refractivity contribution in [3.8, 4) is 10.7 Å². The van der Waals surface area contributed by atoms with E-state index >= 15 is 0 Å². The van der Waals surface area contributed by atoms with Gasteiger partial charge in [-0.2, -0.15) is 0 Å². The van der Waals surface area contributed by atoms with Gasteiger partial charge < -0.3 is 5.32 Å². The number of rotatable bonds is 3. The Morgan fingerprint density at radius 2 is 1.72 bits per heavy atom. The van der Waals surface area contributed by atoms with Gasteiger partial charge in [-0.25, -0.2) is 9.97 Å². The Morgan fingerprint density at radius 3 is 2.44 bits per heavy atom. The molecule has 124 valence electrons. The number of nitrogens with zero attached hydrogens (tertiary/aromatic N) is 2. The zero-order chi connectivity index (χ0) is 17.4. The molecular weight excluding hydrogens is 350 g/mol. The first-order valence-electron chi connectivity index (χ1n) is 7.95. The average molecular weight is 366 g/mol. The van der Waals surface area contributed by atoms with Gasteiger partial charge in [-0.05, 0) is 60.7 Å². The van der Waals surface area contributed by atoms with E-state index in [-0.39, 0.29) is 0 Å². The average Bonchev–Trinajstić information content (AvgIpc) is 3.00. The maximum absolute atomic E-state index is 6.29. The topological polar surface area (TPSA) is 37.8 Å². The van der Waals surface area contributed by atoms with Crippen molar-refractivity contribution in [3.63, 3.8) is 0 Å². The number of aromatic nitrogens is 2. The first-order chi connectivity index (χ1) is 12.1. The molecule has 0 unspecified atom stereocenters. The molecule has 2 aromatic heterocycles. The number of aryl methyl sites for hydroxylation is 2. The summed E-state index contributed by atoms with van der Waals surface area (Å²) in [7, 11) is 0. The SMILES string of the molecule is Cc1cc(C)cc(Nc2nc(-c3sccc3Cl)nc3ccccc23)c1. The van der Waals surface area contributed by atoms with E-state index in [0.717, 1.165) is 27.3 Å². The predicted octanol–water partition coefficient (Wildman–Crippen LogP) is 6.37.